The quantitative estimate of drug-likeness (QED) is 0.834. The predicted molar refractivity (Wildman–Crippen MR) is 106 cm³/mol. The third-order valence-corrected chi connectivity index (χ3v) is 8.94. The first kappa shape index (κ1) is 18.9. The zero-order valence-electron chi connectivity index (χ0n) is 15.0. The van der Waals surface area contributed by atoms with Gasteiger partial charge in [0.15, 0.2) is 9.84 Å². The van der Waals surface area contributed by atoms with E-state index < -0.39 is 19.9 Å². The average Bonchev–Trinajstić information content (AvgIpc) is 3.01. The van der Waals surface area contributed by atoms with Crippen molar-refractivity contribution in [1.29, 1.82) is 0 Å². The fourth-order valence-corrected chi connectivity index (χ4v) is 7.45. The van der Waals surface area contributed by atoms with Crippen molar-refractivity contribution in [1.82, 2.24) is 9.62 Å². The molecule has 2 aliphatic rings. The zero-order valence-corrected chi connectivity index (χ0v) is 16.7. The van der Waals surface area contributed by atoms with Gasteiger partial charge in [-0.3, -0.25) is 4.90 Å². The fourth-order valence-electron chi connectivity index (χ4n) is 4.16. The molecule has 0 unspecified atom stereocenters. The van der Waals surface area contributed by atoms with Gasteiger partial charge in [-0.1, -0.05) is 36.4 Å². The van der Waals surface area contributed by atoms with Crippen LogP contribution in [-0.2, 0) is 19.9 Å². The highest BCUT2D eigenvalue weighted by Gasteiger charge is 2.34. The van der Waals surface area contributed by atoms with E-state index in [0.29, 0.717) is 24.2 Å². The lowest BCUT2D eigenvalue weighted by Crippen LogP contribution is -2.48. The number of rotatable bonds is 4. The number of fused-ring (bicyclic) bond motifs is 1. The second-order valence-corrected chi connectivity index (χ2v) is 11.4. The lowest BCUT2D eigenvalue weighted by Gasteiger charge is -2.35. The van der Waals surface area contributed by atoms with E-state index >= 15 is 0 Å². The van der Waals surface area contributed by atoms with Gasteiger partial charge in [0.05, 0.1) is 16.4 Å². The van der Waals surface area contributed by atoms with Crippen LogP contribution in [0.3, 0.4) is 0 Å². The van der Waals surface area contributed by atoms with Crippen LogP contribution in [0, 0.1) is 0 Å². The van der Waals surface area contributed by atoms with Crippen LogP contribution in [-0.4, -0.2) is 58.4 Å². The molecule has 146 valence electrons. The summed E-state index contributed by atoms with van der Waals surface area (Å²) >= 11 is 0. The van der Waals surface area contributed by atoms with Crippen LogP contribution in [0.15, 0.2) is 47.4 Å². The zero-order chi connectivity index (χ0) is 19.1. The molecule has 27 heavy (non-hydrogen) atoms. The third-order valence-electron chi connectivity index (χ3n) is 5.62. The Morgan fingerprint density at radius 1 is 0.963 bits per heavy atom. The number of nitrogens with one attached hydrogen (secondary N) is 1. The topological polar surface area (TPSA) is 83.6 Å². The third kappa shape index (κ3) is 4.03. The highest BCUT2D eigenvalue weighted by atomic mass is 32.2. The lowest BCUT2D eigenvalue weighted by atomic mass is 10.0. The first-order valence-corrected chi connectivity index (χ1v) is 12.6. The van der Waals surface area contributed by atoms with Crippen molar-refractivity contribution in [3.05, 3.63) is 42.5 Å². The van der Waals surface area contributed by atoms with Gasteiger partial charge in [0.25, 0.3) is 0 Å². The van der Waals surface area contributed by atoms with Crippen molar-refractivity contribution in [2.75, 3.05) is 24.6 Å². The second kappa shape index (κ2) is 7.16. The second-order valence-electron chi connectivity index (χ2n) is 7.47. The highest BCUT2D eigenvalue weighted by Crippen LogP contribution is 2.25. The fraction of sp³-hybridized carbons (Fsp3) is 0.474. The Morgan fingerprint density at radius 3 is 2.37 bits per heavy atom. The molecule has 8 heteroatoms. The van der Waals surface area contributed by atoms with Crippen molar-refractivity contribution >= 4 is 30.6 Å². The molecule has 0 radical (unpaired) electrons. The predicted octanol–water partition coefficient (Wildman–Crippen LogP) is 1.77. The van der Waals surface area contributed by atoms with Crippen molar-refractivity contribution < 1.29 is 16.8 Å². The number of nitrogens with zero attached hydrogens (tertiary/aromatic N) is 1. The molecule has 0 aromatic heterocycles. The summed E-state index contributed by atoms with van der Waals surface area (Å²) in [7, 11) is -6.50. The number of likely N-dealkylation sites (tertiary alicyclic amines) is 1. The Balaban J connectivity index is 1.44. The summed E-state index contributed by atoms with van der Waals surface area (Å²) in [6, 6.07) is 12.7. The van der Waals surface area contributed by atoms with Crippen molar-refractivity contribution in [2.45, 2.75) is 36.2 Å². The van der Waals surface area contributed by atoms with Crippen molar-refractivity contribution in [3.8, 4) is 0 Å². The number of sulfone groups is 1. The summed E-state index contributed by atoms with van der Waals surface area (Å²) < 4.78 is 52.1. The minimum atomic E-state index is -3.61. The molecule has 2 aromatic rings. The van der Waals surface area contributed by atoms with E-state index in [1.54, 1.807) is 12.1 Å². The molecule has 2 aliphatic heterocycles. The van der Waals surface area contributed by atoms with E-state index in [-0.39, 0.29) is 23.6 Å². The molecular weight excluding hydrogens is 384 g/mol. The molecule has 0 saturated carbocycles. The average molecular weight is 409 g/mol. The normalized spacial score (nSPS) is 24.4. The molecule has 4 rings (SSSR count). The largest absolute Gasteiger partial charge is 0.299 e. The Kier molecular flexibility index (Phi) is 5.00. The van der Waals surface area contributed by atoms with E-state index in [1.165, 1.54) is 0 Å². The Bertz CT molecular complexity index is 1040. The first-order chi connectivity index (χ1) is 12.8. The number of hydrogen-bond donors (Lipinski definition) is 1. The van der Waals surface area contributed by atoms with E-state index in [0.717, 1.165) is 23.9 Å². The summed E-state index contributed by atoms with van der Waals surface area (Å²) in [5.41, 5.74) is 0. The minimum absolute atomic E-state index is 0.0885. The Hall–Kier alpha value is -1.48. The maximum absolute atomic E-state index is 12.9. The summed E-state index contributed by atoms with van der Waals surface area (Å²) in [6.45, 7) is 1.45. The Labute approximate surface area is 160 Å². The summed E-state index contributed by atoms with van der Waals surface area (Å²) in [6.07, 6.45) is 2.08. The van der Waals surface area contributed by atoms with Gasteiger partial charge in [-0.15, -0.1) is 0 Å². The highest BCUT2D eigenvalue weighted by molar-refractivity contribution is 7.91. The minimum Gasteiger partial charge on any atom is -0.299 e. The number of piperidine rings is 1. The van der Waals surface area contributed by atoms with Crippen LogP contribution in [0.5, 0.6) is 0 Å². The molecule has 6 nitrogen and oxygen atoms in total. The van der Waals surface area contributed by atoms with E-state index in [9.17, 15) is 16.8 Å². The molecule has 1 N–H and O–H groups in total. The lowest BCUT2D eigenvalue weighted by molar-refractivity contribution is 0.161. The standard InChI is InChI=1S/C19H24N2O4S2/c22-26(23)13-10-17(14-26)21-11-8-16(9-12-21)20-27(24,25)19-7-3-5-15-4-1-2-6-18(15)19/h1-7,16-17,20H,8-14H2/t17-/m1/s1. The van der Waals surface area contributed by atoms with Crippen LogP contribution < -0.4 is 4.72 Å². The molecule has 0 aliphatic carbocycles. The molecule has 0 spiro atoms. The summed E-state index contributed by atoms with van der Waals surface area (Å²) in [5.74, 6) is 0.505. The van der Waals surface area contributed by atoms with Crippen LogP contribution >= 0.6 is 0 Å². The van der Waals surface area contributed by atoms with Gasteiger partial charge in [0.1, 0.15) is 0 Å². The molecule has 2 aromatic carbocycles. The maximum Gasteiger partial charge on any atom is 0.241 e. The molecule has 2 heterocycles. The van der Waals surface area contributed by atoms with Crippen LogP contribution in [0.25, 0.3) is 10.8 Å². The van der Waals surface area contributed by atoms with Crippen LogP contribution in [0.1, 0.15) is 19.3 Å². The molecule has 2 saturated heterocycles. The smallest absolute Gasteiger partial charge is 0.241 e. The van der Waals surface area contributed by atoms with Gasteiger partial charge in [0, 0.05) is 17.5 Å². The molecular formula is C19H24N2O4S2. The molecule has 1 atom stereocenters. The van der Waals surface area contributed by atoms with Gasteiger partial charge in [0.2, 0.25) is 10.0 Å². The van der Waals surface area contributed by atoms with Gasteiger partial charge < -0.3 is 0 Å². The van der Waals surface area contributed by atoms with Gasteiger partial charge >= 0.3 is 0 Å². The Morgan fingerprint density at radius 2 is 1.67 bits per heavy atom. The SMILES string of the molecule is O=S1(=O)CC[C@@H](N2CCC(NS(=O)(=O)c3cccc4ccccc34)CC2)C1. The van der Waals surface area contributed by atoms with Gasteiger partial charge in [-0.25, -0.2) is 21.6 Å². The van der Waals surface area contributed by atoms with Crippen LogP contribution in [0.4, 0.5) is 0 Å². The molecule has 0 amide bonds. The van der Waals surface area contributed by atoms with Crippen molar-refractivity contribution in [2.24, 2.45) is 0 Å². The maximum atomic E-state index is 12.9. The van der Waals surface area contributed by atoms with E-state index in [2.05, 4.69) is 9.62 Å². The molecule has 0 bridgehead atoms. The van der Waals surface area contributed by atoms with Gasteiger partial charge in [-0.05, 0) is 43.8 Å². The first-order valence-electron chi connectivity index (χ1n) is 9.29. The number of sulfonamides is 1. The molecule has 2 fully saturated rings. The summed E-state index contributed by atoms with van der Waals surface area (Å²) in [4.78, 5) is 2.51. The van der Waals surface area contributed by atoms with Crippen LogP contribution in [0.2, 0.25) is 0 Å². The number of benzene rings is 2. The van der Waals surface area contributed by atoms with E-state index in [4.69, 9.17) is 0 Å². The number of hydrogen-bond acceptors (Lipinski definition) is 5. The monoisotopic (exact) mass is 408 g/mol. The van der Waals surface area contributed by atoms with Crippen molar-refractivity contribution in [3.63, 3.8) is 0 Å². The summed E-state index contributed by atoms with van der Waals surface area (Å²) in [5, 5.41) is 1.62. The van der Waals surface area contributed by atoms with E-state index in [1.807, 2.05) is 30.3 Å². The van der Waals surface area contributed by atoms with Gasteiger partial charge in [-0.2, -0.15) is 0 Å².